The molecule has 112 valence electrons. The average Bonchev–Trinajstić information content (AvgIpc) is 2.32. The van der Waals surface area contributed by atoms with Gasteiger partial charge in [0.25, 0.3) is 0 Å². The number of piperazine rings is 1. The van der Waals surface area contributed by atoms with Gasteiger partial charge in [0.15, 0.2) is 0 Å². The van der Waals surface area contributed by atoms with Crippen molar-refractivity contribution in [3.8, 4) is 0 Å². The normalized spacial score (nSPS) is 20.5. The van der Waals surface area contributed by atoms with Gasteiger partial charge in [-0.25, -0.2) is 4.79 Å². The van der Waals surface area contributed by atoms with Crippen molar-refractivity contribution >= 4 is 23.8 Å². The van der Waals surface area contributed by atoms with Crippen LogP contribution in [-0.2, 0) is 19.2 Å². The maximum atomic E-state index is 12.0. The van der Waals surface area contributed by atoms with Crippen LogP contribution in [0.25, 0.3) is 0 Å². The maximum absolute atomic E-state index is 12.0. The predicted octanol–water partition coefficient (Wildman–Crippen LogP) is -1.42. The third kappa shape index (κ3) is 4.19. The molecule has 0 spiro atoms. The van der Waals surface area contributed by atoms with Crippen LogP contribution in [0.1, 0.15) is 19.3 Å². The highest BCUT2D eigenvalue weighted by atomic mass is 16.4. The van der Waals surface area contributed by atoms with Gasteiger partial charge in [0.05, 0.1) is 12.5 Å². The number of rotatable bonds is 7. The first kappa shape index (κ1) is 15.9. The molecule has 1 heterocycles. The van der Waals surface area contributed by atoms with E-state index in [1.54, 1.807) is 0 Å². The lowest BCUT2D eigenvalue weighted by molar-refractivity contribution is -0.154. The minimum atomic E-state index is -1.30. The Morgan fingerprint density at radius 3 is 2.40 bits per heavy atom. The molecule has 1 rings (SSSR count). The molecule has 0 saturated carbocycles. The van der Waals surface area contributed by atoms with Gasteiger partial charge in [0.2, 0.25) is 5.91 Å². The Morgan fingerprint density at radius 2 is 1.90 bits per heavy atom. The van der Waals surface area contributed by atoms with Gasteiger partial charge in [0.1, 0.15) is 6.04 Å². The van der Waals surface area contributed by atoms with Gasteiger partial charge in [-0.2, -0.15) is 0 Å². The van der Waals surface area contributed by atoms with Crippen LogP contribution >= 0.6 is 0 Å². The van der Waals surface area contributed by atoms with Crippen LogP contribution < -0.4 is 5.32 Å². The zero-order valence-corrected chi connectivity index (χ0v) is 10.6. The SMILES string of the molecule is O=C(O)CCC(C(=O)O)N1CCNC(CC(=O)O)C1=O. The van der Waals surface area contributed by atoms with Gasteiger partial charge in [-0.3, -0.25) is 14.4 Å². The first-order chi connectivity index (χ1) is 9.32. The van der Waals surface area contributed by atoms with Crippen molar-refractivity contribution in [1.29, 1.82) is 0 Å². The molecule has 1 aliphatic rings. The van der Waals surface area contributed by atoms with E-state index >= 15 is 0 Å². The van der Waals surface area contributed by atoms with E-state index in [2.05, 4.69) is 5.32 Å². The largest absolute Gasteiger partial charge is 0.481 e. The molecule has 1 saturated heterocycles. The van der Waals surface area contributed by atoms with E-state index in [-0.39, 0.29) is 25.9 Å². The van der Waals surface area contributed by atoms with Crippen LogP contribution in [0, 0.1) is 0 Å². The van der Waals surface area contributed by atoms with Gasteiger partial charge in [-0.1, -0.05) is 0 Å². The van der Waals surface area contributed by atoms with Gasteiger partial charge < -0.3 is 25.5 Å². The van der Waals surface area contributed by atoms with E-state index in [9.17, 15) is 19.2 Å². The first-order valence-corrected chi connectivity index (χ1v) is 6.03. The van der Waals surface area contributed by atoms with Gasteiger partial charge in [0, 0.05) is 19.5 Å². The summed E-state index contributed by atoms with van der Waals surface area (Å²) in [6.45, 7) is 0.367. The lowest BCUT2D eigenvalue weighted by Crippen LogP contribution is -2.60. The van der Waals surface area contributed by atoms with E-state index in [0.29, 0.717) is 0 Å². The molecule has 9 heteroatoms. The number of nitrogens with one attached hydrogen (secondary N) is 1. The smallest absolute Gasteiger partial charge is 0.326 e. The number of nitrogens with zero attached hydrogens (tertiary/aromatic N) is 1. The minimum Gasteiger partial charge on any atom is -0.481 e. The zero-order valence-electron chi connectivity index (χ0n) is 10.6. The summed E-state index contributed by atoms with van der Waals surface area (Å²) in [6.07, 6.45) is -1.03. The molecule has 4 N–H and O–H groups in total. The Kier molecular flexibility index (Phi) is 5.44. The molecule has 0 aromatic carbocycles. The second kappa shape index (κ2) is 6.85. The van der Waals surface area contributed by atoms with Gasteiger partial charge in [-0.05, 0) is 6.42 Å². The molecular formula is C11H16N2O7. The van der Waals surface area contributed by atoms with Crippen LogP contribution in [0.3, 0.4) is 0 Å². The molecule has 1 fully saturated rings. The number of carboxylic acids is 3. The predicted molar refractivity (Wildman–Crippen MR) is 64.1 cm³/mol. The van der Waals surface area contributed by atoms with Crippen molar-refractivity contribution in [1.82, 2.24) is 10.2 Å². The molecule has 0 aromatic heterocycles. The third-order valence-corrected chi connectivity index (χ3v) is 3.00. The lowest BCUT2D eigenvalue weighted by Gasteiger charge is -2.36. The first-order valence-electron chi connectivity index (χ1n) is 6.03. The Balaban J connectivity index is 2.78. The minimum absolute atomic E-state index is 0.103. The number of hydrogen-bond acceptors (Lipinski definition) is 5. The van der Waals surface area contributed by atoms with Crippen molar-refractivity contribution in [2.75, 3.05) is 13.1 Å². The van der Waals surface area contributed by atoms with Crippen LogP contribution in [0.15, 0.2) is 0 Å². The number of carbonyl (C=O) groups is 4. The molecule has 20 heavy (non-hydrogen) atoms. The monoisotopic (exact) mass is 288 g/mol. The highest BCUT2D eigenvalue weighted by Gasteiger charge is 2.37. The topological polar surface area (TPSA) is 144 Å². The van der Waals surface area contributed by atoms with Crippen LogP contribution in [0.5, 0.6) is 0 Å². The number of hydrogen-bond donors (Lipinski definition) is 4. The summed E-state index contributed by atoms with van der Waals surface area (Å²) in [6, 6.07) is -2.23. The van der Waals surface area contributed by atoms with E-state index in [4.69, 9.17) is 15.3 Å². The summed E-state index contributed by atoms with van der Waals surface area (Å²) in [7, 11) is 0. The fourth-order valence-electron chi connectivity index (χ4n) is 2.07. The standard InChI is InChI=1S/C11H16N2O7/c14-8(15)2-1-7(11(19)20)13-4-3-12-6(10(13)18)5-9(16)17/h6-7,12H,1-5H2,(H,14,15)(H,16,17)(H,19,20). The molecule has 0 aliphatic carbocycles. The lowest BCUT2D eigenvalue weighted by atomic mass is 10.0. The Labute approximate surface area is 114 Å². The number of amides is 1. The Morgan fingerprint density at radius 1 is 1.25 bits per heavy atom. The van der Waals surface area contributed by atoms with Gasteiger partial charge in [-0.15, -0.1) is 0 Å². The zero-order chi connectivity index (χ0) is 15.3. The molecule has 1 aliphatic heterocycles. The summed E-state index contributed by atoms with van der Waals surface area (Å²) in [5.41, 5.74) is 0. The second-order valence-corrected chi connectivity index (χ2v) is 4.42. The van der Waals surface area contributed by atoms with Crippen molar-refractivity contribution < 1.29 is 34.5 Å². The molecule has 0 aromatic rings. The van der Waals surface area contributed by atoms with E-state index in [0.717, 1.165) is 4.90 Å². The molecular weight excluding hydrogens is 272 g/mol. The second-order valence-electron chi connectivity index (χ2n) is 4.42. The number of carbonyl (C=O) groups excluding carboxylic acids is 1. The van der Waals surface area contributed by atoms with E-state index in [1.807, 2.05) is 0 Å². The quantitative estimate of drug-likeness (QED) is 0.446. The van der Waals surface area contributed by atoms with Crippen molar-refractivity contribution in [2.24, 2.45) is 0 Å². The molecule has 9 nitrogen and oxygen atoms in total. The molecule has 0 bridgehead atoms. The summed E-state index contributed by atoms with van der Waals surface area (Å²) in [5.74, 6) is -4.25. The number of aliphatic carboxylic acids is 3. The van der Waals surface area contributed by atoms with Crippen molar-refractivity contribution in [3.63, 3.8) is 0 Å². The van der Waals surface area contributed by atoms with Crippen molar-refractivity contribution in [2.45, 2.75) is 31.3 Å². The summed E-state index contributed by atoms with van der Waals surface area (Å²) in [5, 5.41) is 29.1. The summed E-state index contributed by atoms with van der Waals surface area (Å²) < 4.78 is 0. The van der Waals surface area contributed by atoms with Crippen LogP contribution in [0.4, 0.5) is 0 Å². The molecule has 2 unspecified atom stereocenters. The third-order valence-electron chi connectivity index (χ3n) is 3.00. The fraction of sp³-hybridized carbons (Fsp3) is 0.636. The molecule has 2 atom stereocenters. The van der Waals surface area contributed by atoms with Crippen LogP contribution in [0.2, 0.25) is 0 Å². The highest BCUT2D eigenvalue weighted by Crippen LogP contribution is 2.14. The highest BCUT2D eigenvalue weighted by molar-refractivity contribution is 5.90. The molecule has 1 amide bonds. The average molecular weight is 288 g/mol. The maximum Gasteiger partial charge on any atom is 0.326 e. The van der Waals surface area contributed by atoms with E-state index < -0.39 is 42.3 Å². The number of carboxylic acid groups (broad SMARTS) is 3. The summed E-state index contributed by atoms with van der Waals surface area (Å²) in [4.78, 5) is 45.4. The Bertz CT molecular complexity index is 423. The van der Waals surface area contributed by atoms with E-state index in [1.165, 1.54) is 0 Å². The van der Waals surface area contributed by atoms with Crippen molar-refractivity contribution in [3.05, 3.63) is 0 Å². The Hall–Kier alpha value is -2.16. The summed E-state index contributed by atoms with van der Waals surface area (Å²) >= 11 is 0. The van der Waals surface area contributed by atoms with Crippen LogP contribution in [-0.4, -0.2) is 69.2 Å². The molecule has 0 radical (unpaired) electrons. The van der Waals surface area contributed by atoms with Gasteiger partial charge >= 0.3 is 17.9 Å². The fourth-order valence-corrected chi connectivity index (χ4v) is 2.07.